The summed E-state index contributed by atoms with van der Waals surface area (Å²) in [6.07, 6.45) is 2.73. The summed E-state index contributed by atoms with van der Waals surface area (Å²) < 4.78 is 0. The fourth-order valence-electron chi connectivity index (χ4n) is 2.86. The SMILES string of the molecule is Cc1ncccc1-c1nc2ccc(Cc3ccccc3)cc2[nH]1. The number of benzene rings is 2. The molecule has 0 atom stereocenters. The molecule has 0 saturated carbocycles. The molecule has 1 N–H and O–H groups in total. The fraction of sp³-hybridized carbons (Fsp3) is 0.100. The summed E-state index contributed by atoms with van der Waals surface area (Å²) in [7, 11) is 0. The minimum absolute atomic E-state index is 0.877. The van der Waals surface area contributed by atoms with Gasteiger partial charge in [-0.05, 0) is 48.7 Å². The summed E-state index contributed by atoms with van der Waals surface area (Å²) in [6, 6.07) is 20.9. The third-order valence-electron chi connectivity index (χ3n) is 4.06. The van der Waals surface area contributed by atoms with Crippen molar-refractivity contribution in [2.45, 2.75) is 13.3 Å². The van der Waals surface area contributed by atoms with Gasteiger partial charge < -0.3 is 4.98 Å². The molecular weight excluding hydrogens is 282 g/mol. The van der Waals surface area contributed by atoms with Crippen LogP contribution in [0.3, 0.4) is 0 Å². The lowest BCUT2D eigenvalue weighted by Gasteiger charge is -2.01. The van der Waals surface area contributed by atoms with Crippen molar-refractivity contribution in [2.24, 2.45) is 0 Å². The quantitative estimate of drug-likeness (QED) is 0.604. The van der Waals surface area contributed by atoms with Crippen LogP contribution in [0.1, 0.15) is 16.8 Å². The average molecular weight is 299 g/mol. The molecule has 0 bridgehead atoms. The van der Waals surface area contributed by atoms with E-state index in [0.29, 0.717) is 0 Å². The van der Waals surface area contributed by atoms with Crippen molar-refractivity contribution >= 4 is 11.0 Å². The van der Waals surface area contributed by atoms with Gasteiger partial charge >= 0.3 is 0 Å². The number of aryl methyl sites for hydroxylation is 1. The number of nitrogens with one attached hydrogen (secondary N) is 1. The van der Waals surface area contributed by atoms with Gasteiger partial charge in [0.2, 0.25) is 0 Å². The van der Waals surface area contributed by atoms with Crippen LogP contribution >= 0.6 is 0 Å². The van der Waals surface area contributed by atoms with E-state index in [1.807, 2.05) is 25.1 Å². The average Bonchev–Trinajstić information content (AvgIpc) is 2.99. The van der Waals surface area contributed by atoms with Crippen LogP contribution in [0.4, 0.5) is 0 Å². The smallest absolute Gasteiger partial charge is 0.140 e. The Morgan fingerprint density at radius 2 is 1.78 bits per heavy atom. The van der Waals surface area contributed by atoms with Crippen molar-refractivity contribution < 1.29 is 0 Å². The molecule has 2 aromatic carbocycles. The molecule has 0 radical (unpaired) electrons. The molecule has 112 valence electrons. The van der Waals surface area contributed by atoms with Crippen molar-refractivity contribution in [3.05, 3.63) is 83.7 Å². The molecular formula is C20H17N3. The molecule has 2 heterocycles. The number of aromatic amines is 1. The van der Waals surface area contributed by atoms with E-state index in [4.69, 9.17) is 4.98 Å². The highest BCUT2D eigenvalue weighted by Gasteiger charge is 2.08. The number of fused-ring (bicyclic) bond motifs is 1. The lowest BCUT2D eigenvalue weighted by Crippen LogP contribution is -1.87. The van der Waals surface area contributed by atoms with Crippen LogP contribution in [0.15, 0.2) is 66.9 Å². The minimum Gasteiger partial charge on any atom is -0.338 e. The molecule has 4 aromatic rings. The number of rotatable bonds is 3. The molecule has 0 spiro atoms. The Balaban J connectivity index is 1.71. The Morgan fingerprint density at radius 1 is 0.913 bits per heavy atom. The zero-order valence-electron chi connectivity index (χ0n) is 13.0. The molecule has 4 rings (SSSR count). The summed E-state index contributed by atoms with van der Waals surface area (Å²) in [5, 5.41) is 0. The van der Waals surface area contributed by atoms with Crippen LogP contribution < -0.4 is 0 Å². The molecule has 0 fully saturated rings. The first kappa shape index (κ1) is 13.7. The highest BCUT2D eigenvalue weighted by molar-refractivity contribution is 5.80. The Labute approximate surface area is 135 Å². The Morgan fingerprint density at radius 3 is 2.61 bits per heavy atom. The van der Waals surface area contributed by atoms with Gasteiger partial charge in [-0.25, -0.2) is 4.98 Å². The lowest BCUT2D eigenvalue weighted by molar-refractivity contribution is 1.18. The number of pyridine rings is 1. The monoisotopic (exact) mass is 299 g/mol. The van der Waals surface area contributed by atoms with Crippen LogP contribution in [0.2, 0.25) is 0 Å². The second-order valence-electron chi connectivity index (χ2n) is 5.74. The van der Waals surface area contributed by atoms with Gasteiger partial charge in [0.15, 0.2) is 0 Å². The first-order chi connectivity index (χ1) is 11.3. The van der Waals surface area contributed by atoms with Gasteiger partial charge in [-0.15, -0.1) is 0 Å². The molecule has 0 aliphatic rings. The maximum atomic E-state index is 4.70. The predicted octanol–water partition coefficient (Wildman–Crippen LogP) is 4.52. The maximum Gasteiger partial charge on any atom is 0.140 e. The summed E-state index contributed by atoms with van der Waals surface area (Å²) in [4.78, 5) is 12.5. The molecule has 0 amide bonds. The molecule has 0 unspecified atom stereocenters. The van der Waals surface area contributed by atoms with Gasteiger partial charge in [0.25, 0.3) is 0 Å². The topological polar surface area (TPSA) is 41.6 Å². The van der Waals surface area contributed by atoms with Crippen molar-refractivity contribution in [1.82, 2.24) is 15.0 Å². The normalized spacial score (nSPS) is 11.0. The summed E-state index contributed by atoms with van der Waals surface area (Å²) in [6.45, 7) is 2.00. The second kappa shape index (κ2) is 5.69. The van der Waals surface area contributed by atoms with Gasteiger partial charge in [0, 0.05) is 17.5 Å². The Bertz CT molecular complexity index is 955. The largest absolute Gasteiger partial charge is 0.338 e. The lowest BCUT2D eigenvalue weighted by atomic mass is 10.0. The number of imidazole rings is 1. The van der Waals surface area contributed by atoms with E-state index in [9.17, 15) is 0 Å². The molecule has 0 aliphatic heterocycles. The van der Waals surface area contributed by atoms with E-state index in [2.05, 4.69) is 52.4 Å². The Kier molecular flexibility index (Phi) is 3.39. The number of hydrogen-bond donors (Lipinski definition) is 1. The highest BCUT2D eigenvalue weighted by Crippen LogP contribution is 2.23. The molecule has 23 heavy (non-hydrogen) atoms. The van der Waals surface area contributed by atoms with Crippen molar-refractivity contribution in [2.75, 3.05) is 0 Å². The van der Waals surface area contributed by atoms with Crippen LogP contribution in [-0.4, -0.2) is 15.0 Å². The van der Waals surface area contributed by atoms with Gasteiger partial charge in [0.1, 0.15) is 5.82 Å². The third-order valence-corrected chi connectivity index (χ3v) is 4.06. The third kappa shape index (κ3) is 2.73. The minimum atomic E-state index is 0.877. The molecule has 0 aliphatic carbocycles. The van der Waals surface area contributed by atoms with Crippen LogP contribution in [0, 0.1) is 6.92 Å². The zero-order valence-corrected chi connectivity index (χ0v) is 13.0. The van der Waals surface area contributed by atoms with Crippen LogP contribution in [-0.2, 0) is 6.42 Å². The van der Waals surface area contributed by atoms with Crippen LogP contribution in [0.5, 0.6) is 0 Å². The standard InChI is InChI=1S/C20H17N3/c1-14-17(8-5-11-21-14)20-22-18-10-9-16(13-19(18)23-20)12-15-6-3-2-4-7-15/h2-11,13H,12H2,1H3,(H,22,23). The van der Waals surface area contributed by atoms with Gasteiger partial charge in [-0.1, -0.05) is 36.4 Å². The first-order valence-corrected chi connectivity index (χ1v) is 7.74. The van der Waals surface area contributed by atoms with E-state index in [-0.39, 0.29) is 0 Å². The number of hydrogen-bond acceptors (Lipinski definition) is 2. The first-order valence-electron chi connectivity index (χ1n) is 7.74. The molecule has 3 nitrogen and oxygen atoms in total. The molecule has 2 aromatic heterocycles. The van der Waals surface area contributed by atoms with Crippen molar-refractivity contribution in [1.29, 1.82) is 0 Å². The zero-order chi connectivity index (χ0) is 15.6. The van der Waals surface area contributed by atoms with Crippen molar-refractivity contribution in [3.63, 3.8) is 0 Å². The maximum absolute atomic E-state index is 4.70. The van der Waals surface area contributed by atoms with E-state index in [0.717, 1.165) is 34.5 Å². The second-order valence-corrected chi connectivity index (χ2v) is 5.74. The number of nitrogens with zero attached hydrogens (tertiary/aromatic N) is 2. The molecule has 3 heteroatoms. The van der Waals surface area contributed by atoms with Gasteiger partial charge in [-0.3, -0.25) is 4.98 Å². The summed E-state index contributed by atoms with van der Waals surface area (Å²) in [5.74, 6) is 0.877. The molecule has 0 saturated heterocycles. The predicted molar refractivity (Wildman–Crippen MR) is 93.3 cm³/mol. The Hall–Kier alpha value is -2.94. The van der Waals surface area contributed by atoms with Crippen molar-refractivity contribution in [3.8, 4) is 11.4 Å². The summed E-state index contributed by atoms with van der Waals surface area (Å²) >= 11 is 0. The van der Waals surface area contributed by atoms with E-state index < -0.39 is 0 Å². The summed E-state index contributed by atoms with van der Waals surface area (Å²) in [5.41, 5.74) is 6.68. The van der Waals surface area contributed by atoms with Gasteiger partial charge in [0.05, 0.1) is 11.0 Å². The van der Waals surface area contributed by atoms with Crippen LogP contribution in [0.25, 0.3) is 22.4 Å². The highest BCUT2D eigenvalue weighted by atomic mass is 14.9. The van der Waals surface area contributed by atoms with E-state index in [1.54, 1.807) is 6.20 Å². The van der Waals surface area contributed by atoms with Gasteiger partial charge in [-0.2, -0.15) is 0 Å². The number of H-pyrrole nitrogens is 1. The number of aromatic nitrogens is 3. The van der Waals surface area contributed by atoms with E-state index in [1.165, 1.54) is 11.1 Å². The van der Waals surface area contributed by atoms with E-state index >= 15 is 0 Å². The fourth-order valence-corrected chi connectivity index (χ4v) is 2.86.